The summed E-state index contributed by atoms with van der Waals surface area (Å²) in [5, 5.41) is 6.10. The fourth-order valence-corrected chi connectivity index (χ4v) is 2.44. The van der Waals surface area contributed by atoms with Gasteiger partial charge in [0.2, 0.25) is 0 Å². The first-order chi connectivity index (χ1) is 12.6. The van der Waals surface area contributed by atoms with Crippen LogP contribution in [0, 0.1) is 6.92 Å². The van der Waals surface area contributed by atoms with Crippen LogP contribution in [0.15, 0.2) is 66.9 Å². The van der Waals surface area contributed by atoms with Crippen LogP contribution in [-0.4, -0.2) is 18.0 Å². The third kappa shape index (κ3) is 4.60. The highest BCUT2D eigenvalue weighted by Gasteiger charge is 2.07. The minimum absolute atomic E-state index is 0.203. The molecule has 0 fully saturated rings. The van der Waals surface area contributed by atoms with Crippen LogP contribution in [0.25, 0.3) is 0 Å². The Morgan fingerprint density at radius 2 is 1.88 bits per heavy atom. The molecular formula is C21H21N3O2. The fraction of sp³-hybridized carbons (Fsp3) is 0.143. The number of pyridine rings is 1. The maximum absolute atomic E-state index is 12.3. The van der Waals surface area contributed by atoms with Crippen molar-refractivity contribution >= 4 is 17.4 Å². The molecule has 0 saturated carbocycles. The molecule has 0 aliphatic carbocycles. The van der Waals surface area contributed by atoms with E-state index in [0.717, 1.165) is 5.82 Å². The lowest BCUT2D eigenvalue weighted by Crippen LogP contribution is -2.12. The summed E-state index contributed by atoms with van der Waals surface area (Å²) in [6.07, 6.45) is 1.63. The average molecular weight is 347 g/mol. The molecule has 2 aromatic carbocycles. The quantitative estimate of drug-likeness (QED) is 0.699. The van der Waals surface area contributed by atoms with E-state index >= 15 is 0 Å². The zero-order valence-electron chi connectivity index (χ0n) is 14.8. The van der Waals surface area contributed by atoms with Crippen molar-refractivity contribution in [3.63, 3.8) is 0 Å². The Morgan fingerprint density at radius 1 is 1.08 bits per heavy atom. The molecule has 0 saturated heterocycles. The Hall–Kier alpha value is -3.34. The van der Waals surface area contributed by atoms with E-state index < -0.39 is 0 Å². The number of aromatic nitrogens is 1. The molecule has 1 amide bonds. The average Bonchev–Trinajstić information content (AvgIpc) is 2.68. The molecule has 0 bridgehead atoms. The van der Waals surface area contributed by atoms with E-state index in [-0.39, 0.29) is 5.91 Å². The van der Waals surface area contributed by atoms with Gasteiger partial charge in [-0.25, -0.2) is 4.98 Å². The number of anilines is 2. The summed E-state index contributed by atoms with van der Waals surface area (Å²) in [7, 11) is 1.57. The highest BCUT2D eigenvalue weighted by Crippen LogP contribution is 2.16. The highest BCUT2D eigenvalue weighted by molar-refractivity contribution is 6.04. The minimum atomic E-state index is -0.203. The van der Waals surface area contributed by atoms with Crippen LogP contribution in [0.1, 0.15) is 21.5 Å². The van der Waals surface area contributed by atoms with Gasteiger partial charge in [0, 0.05) is 12.1 Å². The van der Waals surface area contributed by atoms with Gasteiger partial charge in [0.1, 0.15) is 11.6 Å². The molecule has 5 nitrogen and oxygen atoms in total. The summed E-state index contributed by atoms with van der Waals surface area (Å²) in [5.74, 6) is 1.20. The lowest BCUT2D eigenvalue weighted by molar-refractivity contribution is 0.102. The molecule has 0 aliphatic heterocycles. The van der Waals surface area contributed by atoms with E-state index in [1.54, 1.807) is 37.6 Å². The molecular weight excluding hydrogens is 326 g/mol. The topological polar surface area (TPSA) is 63.2 Å². The van der Waals surface area contributed by atoms with Gasteiger partial charge in [-0.1, -0.05) is 35.9 Å². The van der Waals surface area contributed by atoms with Crippen molar-refractivity contribution in [2.45, 2.75) is 13.5 Å². The van der Waals surface area contributed by atoms with E-state index in [0.29, 0.717) is 23.5 Å². The van der Waals surface area contributed by atoms with Crippen molar-refractivity contribution in [1.82, 2.24) is 4.98 Å². The molecule has 0 unspecified atom stereocenters. The summed E-state index contributed by atoms with van der Waals surface area (Å²) < 4.78 is 5.14. The van der Waals surface area contributed by atoms with Gasteiger partial charge in [-0.3, -0.25) is 4.79 Å². The third-order valence-corrected chi connectivity index (χ3v) is 3.95. The summed E-state index contributed by atoms with van der Waals surface area (Å²) in [5.41, 5.74) is 3.60. The number of methoxy groups -OCH3 is 1. The fourth-order valence-electron chi connectivity index (χ4n) is 2.44. The molecule has 132 valence electrons. The number of benzene rings is 2. The molecule has 1 heterocycles. The second-order valence-corrected chi connectivity index (χ2v) is 5.96. The van der Waals surface area contributed by atoms with Gasteiger partial charge in [-0.2, -0.15) is 0 Å². The van der Waals surface area contributed by atoms with Gasteiger partial charge in [0.05, 0.1) is 19.0 Å². The first-order valence-corrected chi connectivity index (χ1v) is 8.35. The Bertz CT molecular complexity index is 875. The zero-order valence-corrected chi connectivity index (χ0v) is 14.8. The Morgan fingerprint density at radius 3 is 2.58 bits per heavy atom. The first-order valence-electron chi connectivity index (χ1n) is 8.35. The van der Waals surface area contributed by atoms with Crippen LogP contribution in [0.5, 0.6) is 5.75 Å². The van der Waals surface area contributed by atoms with Crippen LogP contribution < -0.4 is 15.4 Å². The van der Waals surface area contributed by atoms with Crippen LogP contribution in [-0.2, 0) is 6.54 Å². The number of amides is 1. The molecule has 0 aliphatic rings. The monoisotopic (exact) mass is 347 g/mol. The van der Waals surface area contributed by atoms with Crippen molar-refractivity contribution in [1.29, 1.82) is 0 Å². The maximum atomic E-state index is 12.3. The normalized spacial score (nSPS) is 10.2. The number of carbonyl (C=O) groups excluding carboxylic acids is 1. The van der Waals surface area contributed by atoms with Crippen LogP contribution in [0.2, 0.25) is 0 Å². The molecule has 0 spiro atoms. The van der Waals surface area contributed by atoms with E-state index in [1.807, 2.05) is 12.1 Å². The van der Waals surface area contributed by atoms with E-state index in [9.17, 15) is 4.79 Å². The van der Waals surface area contributed by atoms with Crippen molar-refractivity contribution in [2.24, 2.45) is 0 Å². The van der Waals surface area contributed by atoms with Crippen molar-refractivity contribution in [2.75, 3.05) is 17.7 Å². The van der Waals surface area contributed by atoms with Crippen molar-refractivity contribution < 1.29 is 9.53 Å². The lowest BCUT2D eigenvalue weighted by Gasteiger charge is -2.09. The Kier molecular flexibility index (Phi) is 5.49. The van der Waals surface area contributed by atoms with E-state index in [1.165, 1.54) is 11.1 Å². The molecule has 2 N–H and O–H groups in total. The van der Waals surface area contributed by atoms with Crippen molar-refractivity contribution in [3.05, 3.63) is 83.6 Å². The Labute approximate surface area is 153 Å². The molecule has 5 heteroatoms. The molecule has 0 radical (unpaired) electrons. The maximum Gasteiger partial charge on any atom is 0.255 e. The second-order valence-electron chi connectivity index (χ2n) is 5.96. The molecule has 26 heavy (non-hydrogen) atoms. The second kappa shape index (κ2) is 8.16. The predicted molar refractivity (Wildman–Crippen MR) is 104 cm³/mol. The van der Waals surface area contributed by atoms with Gasteiger partial charge in [-0.15, -0.1) is 0 Å². The van der Waals surface area contributed by atoms with Gasteiger partial charge in [0.15, 0.2) is 0 Å². The number of aryl methyl sites for hydroxylation is 1. The lowest BCUT2D eigenvalue weighted by atomic mass is 10.1. The summed E-state index contributed by atoms with van der Waals surface area (Å²) in [4.78, 5) is 16.6. The van der Waals surface area contributed by atoms with E-state index in [4.69, 9.17) is 4.74 Å². The SMILES string of the molecule is COc1cccc(C(=O)Nc2ccc(NCc3ccc(C)cc3)nc2)c1. The van der Waals surface area contributed by atoms with Gasteiger partial charge in [-0.05, 0) is 42.8 Å². The number of nitrogens with one attached hydrogen (secondary N) is 2. The summed E-state index contributed by atoms with van der Waals surface area (Å²) >= 11 is 0. The summed E-state index contributed by atoms with van der Waals surface area (Å²) in [6, 6.07) is 19.0. The number of rotatable bonds is 6. The first kappa shape index (κ1) is 17.5. The molecule has 3 rings (SSSR count). The van der Waals surface area contributed by atoms with Crippen LogP contribution in [0.4, 0.5) is 11.5 Å². The van der Waals surface area contributed by atoms with Crippen molar-refractivity contribution in [3.8, 4) is 5.75 Å². The molecule has 0 atom stereocenters. The zero-order chi connectivity index (χ0) is 18.4. The van der Waals surface area contributed by atoms with E-state index in [2.05, 4.69) is 46.8 Å². The number of hydrogen-bond donors (Lipinski definition) is 2. The highest BCUT2D eigenvalue weighted by atomic mass is 16.5. The smallest absolute Gasteiger partial charge is 0.255 e. The standard InChI is InChI=1S/C21H21N3O2/c1-15-6-8-16(9-7-15)13-22-20-11-10-18(14-23-20)24-21(25)17-4-3-5-19(12-17)26-2/h3-12,14H,13H2,1-2H3,(H,22,23)(H,24,25). The van der Waals surface area contributed by atoms with Gasteiger partial charge >= 0.3 is 0 Å². The third-order valence-electron chi connectivity index (χ3n) is 3.95. The number of nitrogens with zero attached hydrogens (tertiary/aromatic N) is 1. The van der Waals surface area contributed by atoms with Crippen LogP contribution in [0.3, 0.4) is 0 Å². The van der Waals surface area contributed by atoms with Crippen LogP contribution >= 0.6 is 0 Å². The predicted octanol–water partition coefficient (Wildman–Crippen LogP) is 4.26. The molecule has 1 aromatic heterocycles. The number of carbonyl (C=O) groups is 1. The number of ether oxygens (including phenoxy) is 1. The van der Waals surface area contributed by atoms with Gasteiger partial charge in [0.25, 0.3) is 5.91 Å². The molecule has 3 aromatic rings. The van der Waals surface area contributed by atoms with Gasteiger partial charge < -0.3 is 15.4 Å². The largest absolute Gasteiger partial charge is 0.497 e. The summed E-state index contributed by atoms with van der Waals surface area (Å²) in [6.45, 7) is 2.76. The Balaban J connectivity index is 1.58. The minimum Gasteiger partial charge on any atom is -0.497 e. The number of hydrogen-bond acceptors (Lipinski definition) is 4.